The fraction of sp³-hybridized carbons (Fsp3) is 0.273. The van der Waals surface area contributed by atoms with Gasteiger partial charge in [0.25, 0.3) is 0 Å². The summed E-state index contributed by atoms with van der Waals surface area (Å²) in [6.45, 7) is 1.93. The molecule has 0 aliphatic heterocycles. The normalized spacial score (nSPS) is 9.79. The minimum atomic E-state index is -0.973. The van der Waals surface area contributed by atoms with Gasteiger partial charge in [0.2, 0.25) is 0 Å². The number of Topliss-reactive ketones (excluding diaryl/α,β-unsaturated/α-hetero) is 1. The first-order valence-electron chi connectivity index (χ1n) is 4.51. The summed E-state index contributed by atoms with van der Waals surface area (Å²) in [6.07, 6.45) is 1.31. The second-order valence-electron chi connectivity index (χ2n) is 3.06. The van der Waals surface area contributed by atoms with E-state index in [9.17, 15) is 9.59 Å². The lowest BCUT2D eigenvalue weighted by molar-refractivity contribution is 0.0696. The zero-order chi connectivity index (χ0) is 10.6. The van der Waals surface area contributed by atoms with E-state index in [4.69, 9.17) is 5.11 Å². The van der Waals surface area contributed by atoms with Crippen LogP contribution in [0.15, 0.2) is 24.3 Å². The topological polar surface area (TPSA) is 54.4 Å². The predicted octanol–water partition coefficient (Wildman–Crippen LogP) is 2.37. The van der Waals surface area contributed by atoms with Crippen molar-refractivity contribution in [3.63, 3.8) is 0 Å². The molecule has 74 valence electrons. The van der Waals surface area contributed by atoms with Gasteiger partial charge in [-0.25, -0.2) is 4.79 Å². The molecule has 3 nitrogen and oxygen atoms in total. The van der Waals surface area contributed by atoms with Gasteiger partial charge in [0.15, 0.2) is 5.78 Å². The van der Waals surface area contributed by atoms with Crippen molar-refractivity contribution in [3.05, 3.63) is 35.4 Å². The number of carbonyl (C=O) groups excluding carboxylic acids is 1. The van der Waals surface area contributed by atoms with Crippen LogP contribution in [0.25, 0.3) is 0 Å². The number of ketones is 1. The Morgan fingerprint density at radius 3 is 2.07 bits per heavy atom. The van der Waals surface area contributed by atoms with Gasteiger partial charge in [0.1, 0.15) is 0 Å². The van der Waals surface area contributed by atoms with Crippen LogP contribution in [0, 0.1) is 0 Å². The minimum Gasteiger partial charge on any atom is -0.478 e. The molecule has 0 fully saturated rings. The molecule has 0 radical (unpaired) electrons. The van der Waals surface area contributed by atoms with Crippen LogP contribution in [-0.4, -0.2) is 16.9 Å². The van der Waals surface area contributed by atoms with Gasteiger partial charge in [-0.1, -0.05) is 19.1 Å². The van der Waals surface area contributed by atoms with Crippen molar-refractivity contribution in [3.8, 4) is 0 Å². The van der Waals surface area contributed by atoms with Crippen molar-refractivity contribution in [1.29, 1.82) is 0 Å². The second kappa shape index (κ2) is 4.56. The summed E-state index contributed by atoms with van der Waals surface area (Å²) in [5.41, 5.74) is 0.787. The van der Waals surface area contributed by atoms with Crippen LogP contribution in [0.1, 0.15) is 40.5 Å². The van der Waals surface area contributed by atoms with Crippen LogP contribution in [0.5, 0.6) is 0 Å². The molecule has 0 saturated heterocycles. The van der Waals surface area contributed by atoms with E-state index in [1.165, 1.54) is 12.1 Å². The highest BCUT2D eigenvalue weighted by molar-refractivity contribution is 5.97. The third-order valence-corrected chi connectivity index (χ3v) is 1.93. The molecule has 0 aliphatic rings. The third-order valence-electron chi connectivity index (χ3n) is 1.93. The van der Waals surface area contributed by atoms with Crippen molar-refractivity contribution in [1.82, 2.24) is 0 Å². The number of hydrogen-bond donors (Lipinski definition) is 1. The summed E-state index contributed by atoms with van der Waals surface area (Å²) in [4.78, 5) is 21.9. The number of aromatic carboxylic acids is 1. The predicted molar refractivity (Wildman–Crippen MR) is 52.6 cm³/mol. The highest BCUT2D eigenvalue weighted by atomic mass is 16.4. The third kappa shape index (κ3) is 2.42. The van der Waals surface area contributed by atoms with E-state index < -0.39 is 5.97 Å². The highest BCUT2D eigenvalue weighted by Gasteiger charge is 2.06. The highest BCUT2D eigenvalue weighted by Crippen LogP contribution is 2.07. The van der Waals surface area contributed by atoms with E-state index in [-0.39, 0.29) is 11.3 Å². The van der Waals surface area contributed by atoms with Gasteiger partial charge in [-0.15, -0.1) is 0 Å². The first-order valence-corrected chi connectivity index (χ1v) is 4.51. The van der Waals surface area contributed by atoms with Gasteiger partial charge in [-0.2, -0.15) is 0 Å². The smallest absolute Gasteiger partial charge is 0.335 e. The Bertz CT molecular complexity index is 338. The van der Waals surface area contributed by atoms with Crippen molar-refractivity contribution in [2.24, 2.45) is 0 Å². The first-order chi connectivity index (χ1) is 6.65. The molecule has 0 saturated carbocycles. The molecule has 1 aromatic carbocycles. The lowest BCUT2D eigenvalue weighted by atomic mass is 10.1. The maximum absolute atomic E-state index is 11.4. The number of benzene rings is 1. The second-order valence-corrected chi connectivity index (χ2v) is 3.06. The fourth-order valence-electron chi connectivity index (χ4n) is 1.17. The van der Waals surface area contributed by atoms with E-state index in [1.54, 1.807) is 12.1 Å². The Hall–Kier alpha value is -1.64. The molecule has 0 bridgehead atoms. The zero-order valence-electron chi connectivity index (χ0n) is 7.99. The van der Waals surface area contributed by atoms with E-state index in [0.717, 1.165) is 6.42 Å². The summed E-state index contributed by atoms with van der Waals surface area (Å²) >= 11 is 0. The molecule has 0 heterocycles. The molecular weight excluding hydrogens is 180 g/mol. The summed E-state index contributed by atoms with van der Waals surface area (Å²) in [5, 5.41) is 8.63. The van der Waals surface area contributed by atoms with Crippen LogP contribution < -0.4 is 0 Å². The number of carbonyl (C=O) groups is 2. The zero-order valence-corrected chi connectivity index (χ0v) is 7.99. The lowest BCUT2D eigenvalue weighted by Crippen LogP contribution is -2.00. The van der Waals surface area contributed by atoms with Crippen molar-refractivity contribution in [2.45, 2.75) is 19.8 Å². The Kier molecular flexibility index (Phi) is 3.40. The molecule has 0 atom stereocenters. The van der Waals surface area contributed by atoms with Gasteiger partial charge in [0.05, 0.1) is 5.56 Å². The van der Waals surface area contributed by atoms with Crippen LogP contribution in [0.3, 0.4) is 0 Å². The van der Waals surface area contributed by atoms with E-state index in [1.807, 2.05) is 6.92 Å². The minimum absolute atomic E-state index is 0.0597. The van der Waals surface area contributed by atoms with Crippen LogP contribution >= 0.6 is 0 Å². The average Bonchev–Trinajstić information content (AvgIpc) is 2.18. The maximum Gasteiger partial charge on any atom is 0.335 e. The summed E-state index contributed by atoms with van der Waals surface area (Å²) in [6, 6.07) is 6.01. The molecule has 0 aliphatic carbocycles. The number of hydrogen-bond acceptors (Lipinski definition) is 2. The molecule has 0 spiro atoms. The Morgan fingerprint density at radius 1 is 1.14 bits per heavy atom. The van der Waals surface area contributed by atoms with Crippen LogP contribution in [0.2, 0.25) is 0 Å². The molecular formula is C11H12O3. The number of carboxylic acid groups (broad SMARTS) is 1. The summed E-state index contributed by atoms with van der Waals surface area (Å²) < 4.78 is 0. The summed E-state index contributed by atoms with van der Waals surface area (Å²) in [7, 11) is 0. The largest absolute Gasteiger partial charge is 0.478 e. The monoisotopic (exact) mass is 192 g/mol. The van der Waals surface area contributed by atoms with E-state index in [2.05, 4.69) is 0 Å². The number of carboxylic acids is 1. The van der Waals surface area contributed by atoms with Gasteiger partial charge in [0, 0.05) is 12.0 Å². The SMILES string of the molecule is CCCC(=O)c1ccc(C(=O)O)cc1. The molecule has 14 heavy (non-hydrogen) atoms. The van der Waals surface area contributed by atoms with Gasteiger partial charge >= 0.3 is 5.97 Å². The van der Waals surface area contributed by atoms with Crippen LogP contribution in [0.4, 0.5) is 0 Å². The fourth-order valence-corrected chi connectivity index (χ4v) is 1.17. The Balaban J connectivity index is 2.83. The van der Waals surface area contributed by atoms with Crippen molar-refractivity contribution >= 4 is 11.8 Å². The molecule has 1 rings (SSSR count). The van der Waals surface area contributed by atoms with E-state index in [0.29, 0.717) is 12.0 Å². The Morgan fingerprint density at radius 2 is 1.64 bits per heavy atom. The van der Waals surface area contributed by atoms with Gasteiger partial charge in [-0.05, 0) is 18.6 Å². The average molecular weight is 192 g/mol. The molecule has 0 amide bonds. The van der Waals surface area contributed by atoms with E-state index >= 15 is 0 Å². The Labute approximate surface area is 82.4 Å². The van der Waals surface area contributed by atoms with Crippen molar-refractivity contribution in [2.75, 3.05) is 0 Å². The molecule has 0 unspecified atom stereocenters. The van der Waals surface area contributed by atoms with Crippen molar-refractivity contribution < 1.29 is 14.7 Å². The molecule has 0 aromatic heterocycles. The summed E-state index contributed by atoms with van der Waals surface area (Å²) in [5.74, 6) is -0.913. The molecule has 3 heteroatoms. The maximum atomic E-state index is 11.4. The number of rotatable bonds is 4. The standard InChI is InChI=1S/C11H12O3/c1-2-3-10(12)8-4-6-9(7-5-8)11(13)14/h4-7H,2-3H2,1H3,(H,13,14). The first kappa shape index (κ1) is 10.4. The molecule has 1 N–H and O–H groups in total. The molecule has 1 aromatic rings. The van der Waals surface area contributed by atoms with Gasteiger partial charge in [-0.3, -0.25) is 4.79 Å². The quantitative estimate of drug-likeness (QED) is 0.745. The van der Waals surface area contributed by atoms with Gasteiger partial charge < -0.3 is 5.11 Å². The lowest BCUT2D eigenvalue weighted by Gasteiger charge is -1.99. The van der Waals surface area contributed by atoms with Crippen LogP contribution in [-0.2, 0) is 0 Å².